The molecule has 0 aliphatic rings. The number of carbonyl (C=O) groups is 1. The topological polar surface area (TPSA) is 51.2 Å². The molecule has 4 nitrogen and oxygen atoms in total. The molecule has 1 aromatic heterocycles. The van der Waals surface area contributed by atoms with Gasteiger partial charge < -0.3 is 4.74 Å². The molecule has 0 bridgehead atoms. The Morgan fingerprint density at radius 1 is 1.19 bits per heavy atom. The van der Waals surface area contributed by atoms with Gasteiger partial charge in [0.15, 0.2) is 11.7 Å². The molecular formula is C20H19ClN2O2S. The third kappa shape index (κ3) is 5.07. The van der Waals surface area contributed by atoms with Gasteiger partial charge in [-0.25, -0.2) is 4.98 Å². The summed E-state index contributed by atoms with van der Waals surface area (Å²) in [5.41, 5.74) is 3.32. The van der Waals surface area contributed by atoms with E-state index < -0.39 is 0 Å². The van der Waals surface area contributed by atoms with E-state index in [0.717, 1.165) is 33.0 Å². The Balaban J connectivity index is 1.53. The van der Waals surface area contributed by atoms with Gasteiger partial charge in [0.05, 0.1) is 0 Å². The van der Waals surface area contributed by atoms with Crippen LogP contribution in [0.4, 0.5) is 5.13 Å². The van der Waals surface area contributed by atoms with Crippen LogP contribution in [0.2, 0.25) is 5.02 Å². The molecule has 1 N–H and O–H groups in total. The van der Waals surface area contributed by atoms with Gasteiger partial charge >= 0.3 is 0 Å². The Labute approximate surface area is 161 Å². The van der Waals surface area contributed by atoms with Crippen molar-refractivity contribution in [2.45, 2.75) is 20.3 Å². The number of halogens is 1. The molecule has 0 radical (unpaired) electrons. The third-order valence-corrected chi connectivity index (χ3v) is 4.95. The summed E-state index contributed by atoms with van der Waals surface area (Å²) in [4.78, 5) is 17.4. The average Bonchev–Trinajstić information content (AvgIpc) is 3.03. The Kier molecular flexibility index (Phi) is 5.91. The monoisotopic (exact) mass is 386 g/mol. The molecule has 0 unspecified atom stereocenters. The number of thiazole rings is 1. The number of aromatic nitrogens is 1. The van der Waals surface area contributed by atoms with Crippen molar-refractivity contribution >= 4 is 34.0 Å². The van der Waals surface area contributed by atoms with Crippen LogP contribution in [0.3, 0.4) is 0 Å². The molecule has 0 aliphatic heterocycles. The molecule has 2 aromatic carbocycles. The fraction of sp³-hybridized carbons (Fsp3) is 0.200. The van der Waals surface area contributed by atoms with Gasteiger partial charge in [-0.05, 0) is 43.2 Å². The molecule has 0 atom stereocenters. The highest BCUT2D eigenvalue weighted by atomic mass is 35.5. The van der Waals surface area contributed by atoms with Crippen molar-refractivity contribution in [3.63, 3.8) is 0 Å². The zero-order valence-corrected chi connectivity index (χ0v) is 16.2. The van der Waals surface area contributed by atoms with Gasteiger partial charge in [0.25, 0.3) is 5.91 Å². The Bertz CT molecular complexity index is 906. The van der Waals surface area contributed by atoms with E-state index in [9.17, 15) is 4.79 Å². The Hall–Kier alpha value is -2.37. The van der Waals surface area contributed by atoms with E-state index in [0.29, 0.717) is 10.9 Å². The number of hydrogen-bond donors (Lipinski definition) is 1. The number of aryl methyl sites for hydroxylation is 2. The second-order valence-corrected chi connectivity index (χ2v) is 7.59. The molecule has 0 spiro atoms. The van der Waals surface area contributed by atoms with E-state index in [2.05, 4.69) is 10.3 Å². The predicted molar refractivity (Wildman–Crippen MR) is 106 cm³/mol. The molecule has 1 amide bonds. The summed E-state index contributed by atoms with van der Waals surface area (Å²) in [6, 6.07) is 13.6. The van der Waals surface area contributed by atoms with Gasteiger partial charge in [0.2, 0.25) is 0 Å². The number of ether oxygens (including phenoxy) is 1. The lowest BCUT2D eigenvalue weighted by molar-refractivity contribution is -0.118. The summed E-state index contributed by atoms with van der Waals surface area (Å²) in [5.74, 6) is 0.491. The largest absolute Gasteiger partial charge is 0.483 e. The van der Waals surface area contributed by atoms with Gasteiger partial charge in [-0.2, -0.15) is 0 Å². The third-order valence-electron chi connectivity index (χ3n) is 3.78. The fourth-order valence-electron chi connectivity index (χ4n) is 2.51. The highest BCUT2D eigenvalue weighted by Crippen LogP contribution is 2.22. The number of benzene rings is 2. The highest BCUT2D eigenvalue weighted by molar-refractivity contribution is 7.15. The molecule has 134 valence electrons. The summed E-state index contributed by atoms with van der Waals surface area (Å²) >= 11 is 7.35. The van der Waals surface area contributed by atoms with Crippen molar-refractivity contribution in [2.24, 2.45) is 0 Å². The summed E-state index contributed by atoms with van der Waals surface area (Å²) in [7, 11) is 0. The van der Waals surface area contributed by atoms with Crippen LogP contribution in [0.15, 0.2) is 48.7 Å². The van der Waals surface area contributed by atoms with E-state index in [-0.39, 0.29) is 12.5 Å². The van der Waals surface area contributed by atoms with E-state index >= 15 is 0 Å². The van der Waals surface area contributed by atoms with Gasteiger partial charge in [-0.3, -0.25) is 10.1 Å². The summed E-state index contributed by atoms with van der Waals surface area (Å²) in [5, 5.41) is 4.07. The van der Waals surface area contributed by atoms with Crippen molar-refractivity contribution in [1.82, 2.24) is 4.98 Å². The number of nitrogens with one attached hydrogen (secondary N) is 1. The van der Waals surface area contributed by atoms with Crippen LogP contribution < -0.4 is 10.1 Å². The number of hydrogen-bond acceptors (Lipinski definition) is 4. The molecule has 3 rings (SSSR count). The average molecular weight is 387 g/mol. The first-order valence-corrected chi connectivity index (χ1v) is 9.38. The van der Waals surface area contributed by atoms with Gasteiger partial charge in [0, 0.05) is 22.5 Å². The standard InChI is InChI=1S/C20H19ClN2O2S/c1-13-3-8-18(14(2)9-13)25-12-19(24)23-20-22-11-17(26-20)10-15-4-6-16(21)7-5-15/h3-9,11H,10,12H2,1-2H3,(H,22,23,24). The van der Waals surface area contributed by atoms with E-state index in [1.165, 1.54) is 11.3 Å². The lowest BCUT2D eigenvalue weighted by Gasteiger charge is -2.09. The molecule has 0 saturated carbocycles. The maximum absolute atomic E-state index is 12.1. The normalized spacial score (nSPS) is 10.6. The van der Waals surface area contributed by atoms with Crippen LogP contribution in [0.25, 0.3) is 0 Å². The fourth-order valence-corrected chi connectivity index (χ4v) is 3.50. The van der Waals surface area contributed by atoms with Crippen molar-refractivity contribution in [3.05, 3.63) is 75.3 Å². The van der Waals surface area contributed by atoms with Gasteiger partial charge in [-0.1, -0.05) is 41.4 Å². The SMILES string of the molecule is Cc1ccc(OCC(=O)Nc2ncc(Cc3ccc(Cl)cc3)s2)c(C)c1. The lowest BCUT2D eigenvalue weighted by atomic mass is 10.1. The number of carbonyl (C=O) groups excluding carboxylic acids is 1. The van der Waals surface area contributed by atoms with Crippen LogP contribution in [0.5, 0.6) is 5.75 Å². The summed E-state index contributed by atoms with van der Waals surface area (Å²) < 4.78 is 5.59. The minimum atomic E-state index is -0.225. The molecule has 0 aliphatic carbocycles. The number of anilines is 1. The van der Waals surface area contributed by atoms with E-state index in [4.69, 9.17) is 16.3 Å². The summed E-state index contributed by atoms with van der Waals surface area (Å²) in [6.07, 6.45) is 2.53. The predicted octanol–water partition coefficient (Wildman–Crippen LogP) is 5.02. The minimum Gasteiger partial charge on any atom is -0.483 e. The zero-order valence-electron chi connectivity index (χ0n) is 14.6. The Morgan fingerprint density at radius 2 is 1.96 bits per heavy atom. The van der Waals surface area contributed by atoms with Crippen LogP contribution in [0, 0.1) is 13.8 Å². The first-order chi connectivity index (χ1) is 12.5. The van der Waals surface area contributed by atoms with E-state index in [1.807, 2.05) is 56.3 Å². The number of nitrogens with zero attached hydrogens (tertiary/aromatic N) is 1. The number of amides is 1. The van der Waals surface area contributed by atoms with E-state index in [1.54, 1.807) is 6.20 Å². The van der Waals surface area contributed by atoms with Gasteiger partial charge in [-0.15, -0.1) is 11.3 Å². The van der Waals surface area contributed by atoms with Crippen LogP contribution in [0.1, 0.15) is 21.6 Å². The first-order valence-electron chi connectivity index (χ1n) is 8.18. The molecule has 0 fully saturated rings. The van der Waals surface area contributed by atoms with Crippen molar-refractivity contribution in [1.29, 1.82) is 0 Å². The van der Waals surface area contributed by atoms with Crippen LogP contribution in [-0.2, 0) is 11.2 Å². The minimum absolute atomic E-state index is 0.0456. The second kappa shape index (κ2) is 8.34. The zero-order chi connectivity index (χ0) is 18.5. The van der Waals surface area contributed by atoms with Crippen molar-refractivity contribution < 1.29 is 9.53 Å². The lowest BCUT2D eigenvalue weighted by Crippen LogP contribution is -2.20. The van der Waals surface area contributed by atoms with Crippen LogP contribution in [-0.4, -0.2) is 17.5 Å². The van der Waals surface area contributed by atoms with Crippen molar-refractivity contribution in [3.8, 4) is 5.75 Å². The second-order valence-electron chi connectivity index (χ2n) is 6.04. The van der Waals surface area contributed by atoms with Crippen molar-refractivity contribution in [2.75, 3.05) is 11.9 Å². The van der Waals surface area contributed by atoms with Gasteiger partial charge in [0.1, 0.15) is 5.75 Å². The maximum Gasteiger partial charge on any atom is 0.264 e. The molecular weight excluding hydrogens is 368 g/mol. The molecule has 3 aromatic rings. The highest BCUT2D eigenvalue weighted by Gasteiger charge is 2.09. The molecule has 26 heavy (non-hydrogen) atoms. The maximum atomic E-state index is 12.1. The molecule has 6 heteroatoms. The molecule has 1 heterocycles. The Morgan fingerprint density at radius 3 is 2.69 bits per heavy atom. The molecule has 0 saturated heterocycles. The first kappa shape index (κ1) is 18.4. The quantitative estimate of drug-likeness (QED) is 0.647. The number of rotatable bonds is 6. The summed E-state index contributed by atoms with van der Waals surface area (Å²) in [6.45, 7) is 3.94. The van der Waals surface area contributed by atoms with Crippen LogP contribution >= 0.6 is 22.9 Å². The smallest absolute Gasteiger partial charge is 0.264 e.